The average Bonchev–Trinajstić information content (AvgIpc) is 3.24. The van der Waals surface area contributed by atoms with Crippen molar-refractivity contribution in [1.82, 2.24) is 14.2 Å². The Bertz CT molecular complexity index is 1020. The van der Waals surface area contributed by atoms with Crippen LogP contribution in [0.15, 0.2) is 47.5 Å². The molecular weight excluding hydrogens is 422 g/mol. The van der Waals surface area contributed by atoms with Crippen LogP contribution < -0.4 is 0 Å². The molecule has 1 unspecified atom stereocenters. The number of hydrogen-bond donors (Lipinski definition) is 0. The Labute approximate surface area is 182 Å². The lowest BCUT2D eigenvalue weighted by molar-refractivity contribution is -0.137. The van der Waals surface area contributed by atoms with Crippen LogP contribution in [0.3, 0.4) is 0 Å². The van der Waals surface area contributed by atoms with Gasteiger partial charge in [0, 0.05) is 31.7 Å². The highest BCUT2D eigenvalue weighted by atomic mass is 35.5. The van der Waals surface area contributed by atoms with E-state index in [1.807, 2.05) is 4.90 Å². The highest BCUT2D eigenvalue weighted by molar-refractivity contribution is 7.89. The lowest BCUT2D eigenvalue weighted by Crippen LogP contribution is -2.44. The second-order valence-corrected chi connectivity index (χ2v) is 10.3. The van der Waals surface area contributed by atoms with E-state index < -0.39 is 10.0 Å². The molecule has 1 amide bonds. The van der Waals surface area contributed by atoms with Crippen LogP contribution in [0.5, 0.6) is 0 Å². The minimum absolute atomic E-state index is 0.0197. The first-order chi connectivity index (χ1) is 14.4. The van der Waals surface area contributed by atoms with E-state index in [9.17, 15) is 13.2 Å². The van der Waals surface area contributed by atoms with Gasteiger partial charge in [0.1, 0.15) is 10.0 Å². The monoisotopic (exact) mass is 447 g/mol. The maximum Gasteiger partial charge on any atom is 0.246 e. The number of aryl methyl sites for hydroxylation is 1. The van der Waals surface area contributed by atoms with Gasteiger partial charge < -0.3 is 4.90 Å². The molecule has 0 N–H and O–H groups in total. The standard InChI is InChI=1S/C22H26ClN3O3S/c1-16-6-8-17(9-7-16)19-4-3-13-26(19)22(27)18-10-14-25(15-11-18)30(28,29)20-5-2-12-24-21(20)23/h2,5-9,12,18-19H,3-4,10-11,13-15H2,1H3. The molecule has 2 saturated heterocycles. The minimum atomic E-state index is -3.70. The molecule has 2 aromatic rings. The summed E-state index contributed by atoms with van der Waals surface area (Å²) < 4.78 is 27.2. The molecule has 2 aliphatic heterocycles. The van der Waals surface area contributed by atoms with Gasteiger partial charge >= 0.3 is 0 Å². The molecule has 0 bridgehead atoms. The van der Waals surface area contributed by atoms with E-state index in [1.165, 1.54) is 27.7 Å². The molecule has 4 rings (SSSR count). The molecule has 1 aromatic carbocycles. The molecule has 8 heteroatoms. The van der Waals surface area contributed by atoms with Crippen molar-refractivity contribution in [3.8, 4) is 0 Å². The highest BCUT2D eigenvalue weighted by Crippen LogP contribution is 2.35. The Morgan fingerprint density at radius 1 is 1.07 bits per heavy atom. The van der Waals surface area contributed by atoms with Crippen molar-refractivity contribution in [2.24, 2.45) is 5.92 Å². The maximum absolute atomic E-state index is 13.3. The fourth-order valence-electron chi connectivity index (χ4n) is 4.45. The third-order valence-corrected chi connectivity index (χ3v) is 8.49. The smallest absolute Gasteiger partial charge is 0.246 e. The third kappa shape index (κ3) is 4.11. The number of piperidine rings is 1. The Morgan fingerprint density at radius 2 is 1.77 bits per heavy atom. The van der Waals surface area contributed by atoms with Crippen LogP contribution in [0.25, 0.3) is 0 Å². The first-order valence-corrected chi connectivity index (χ1v) is 12.2. The number of pyridine rings is 1. The van der Waals surface area contributed by atoms with Gasteiger partial charge in [-0.15, -0.1) is 0 Å². The molecule has 2 aliphatic rings. The van der Waals surface area contributed by atoms with Crippen molar-refractivity contribution in [1.29, 1.82) is 0 Å². The lowest BCUT2D eigenvalue weighted by atomic mass is 9.95. The average molecular weight is 448 g/mol. The summed E-state index contributed by atoms with van der Waals surface area (Å²) in [6.07, 6.45) is 4.48. The normalized spacial score (nSPS) is 21.1. The fourth-order valence-corrected chi connectivity index (χ4v) is 6.34. The quantitative estimate of drug-likeness (QED) is 0.668. The Kier molecular flexibility index (Phi) is 6.14. The van der Waals surface area contributed by atoms with Crippen molar-refractivity contribution in [3.63, 3.8) is 0 Å². The van der Waals surface area contributed by atoms with Crippen LogP contribution >= 0.6 is 11.6 Å². The zero-order valence-corrected chi connectivity index (χ0v) is 18.6. The van der Waals surface area contributed by atoms with Crippen LogP contribution in [0.2, 0.25) is 5.15 Å². The number of rotatable bonds is 4. The topological polar surface area (TPSA) is 70.6 Å². The van der Waals surface area contributed by atoms with E-state index in [-0.39, 0.29) is 27.9 Å². The zero-order valence-electron chi connectivity index (χ0n) is 17.0. The van der Waals surface area contributed by atoms with E-state index in [0.717, 1.165) is 19.4 Å². The Morgan fingerprint density at radius 3 is 2.43 bits per heavy atom. The molecule has 30 heavy (non-hydrogen) atoms. The van der Waals surface area contributed by atoms with Crippen LogP contribution in [-0.4, -0.2) is 48.1 Å². The molecule has 6 nitrogen and oxygen atoms in total. The number of halogens is 1. The minimum Gasteiger partial charge on any atom is -0.335 e. The van der Waals surface area contributed by atoms with E-state index in [4.69, 9.17) is 11.6 Å². The first kappa shape index (κ1) is 21.3. The molecular formula is C22H26ClN3O3S. The van der Waals surface area contributed by atoms with E-state index in [2.05, 4.69) is 36.2 Å². The number of nitrogens with zero attached hydrogens (tertiary/aromatic N) is 3. The summed E-state index contributed by atoms with van der Waals surface area (Å²) in [5, 5.41) is -0.0197. The van der Waals surface area contributed by atoms with Crippen molar-refractivity contribution < 1.29 is 13.2 Å². The van der Waals surface area contributed by atoms with Gasteiger partial charge in [-0.1, -0.05) is 41.4 Å². The number of amides is 1. The summed E-state index contributed by atoms with van der Waals surface area (Å²) in [4.78, 5) is 19.2. The first-order valence-electron chi connectivity index (χ1n) is 10.4. The van der Waals surface area contributed by atoms with Crippen LogP contribution in [0, 0.1) is 12.8 Å². The number of hydrogen-bond acceptors (Lipinski definition) is 4. The number of likely N-dealkylation sites (tertiary alicyclic amines) is 1. The van der Waals surface area contributed by atoms with Gasteiger partial charge in [-0.3, -0.25) is 4.79 Å². The molecule has 0 saturated carbocycles. The van der Waals surface area contributed by atoms with Gasteiger partial charge in [-0.2, -0.15) is 4.31 Å². The summed E-state index contributed by atoms with van der Waals surface area (Å²) in [6.45, 7) is 3.45. The molecule has 0 radical (unpaired) electrons. The number of carbonyl (C=O) groups is 1. The van der Waals surface area contributed by atoms with Gasteiger partial charge in [-0.05, 0) is 50.3 Å². The van der Waals surface area contributed by atoms with Gasteiger partial charge in [0.25, 0.3) is 0 Å². The predicted molar refractivity (Wildman–Crippen MR) is 116 cm³/mol. The van der Waals surface area contributed by atoms with Gasteiger partial charge in [0.2, 0.25) is 15.9 Å². The number of sulfonamides is 1. The Balaban J connectivity index is 1.43. The van der Waals surface area contributed by atoms with Crippen LogP contribution in [0.4, 0.5) is 0 Å². The van der Waals surface area contributed by atoms with Crippen molar-refractivity contribution in [2.45, 2.75) is 43.5 Å². The molecule has 3 heterocycles. The van der Waals surface area contributed by atoms with Gasteiger partial charge in [0.15, 0.2) is 0 Å². The largest absolute Gasteiger partial charge is 0.335 e. The summed E-state index contributed by atoms with van der Waals surface area (Å²) in [5.74, 6) is 0.00130. The molecule has 0 aliphatic carbocycles. The predicted octanol–water partition coefficient (Wildman–Crippen LogP) is 3.81. The van der Waals surface area contributed by atoms with Gasteiger partial charge in [0.05, 0.1) is 6.04 Å². The maximum atomic E-state index is 13.3. The molecule has 1 aromatic heterocycles. The van der Waals surface area contributed by atoms with Crippen molar-refractivity contribution in [2.75, 3.05) is 19.6 Å². The number of aromatic nitrogens is 1. The lowest BCUT2D eigenvalue weighted by Gasteiger charge is -2.34. The zero-order chi connectivity index (χ0) is 21.3. The molecule has 2 fully saturated rings. The van der Waals surface area contributed by atoms with Crippen LogP contribution in [-0.2, 0) is 14.8 Å². The van der Waals surface area contributed by atoms with Gasteiger partial charge in [-0.25, -0.2) is 13.4 Å². The Hall–Kier alpha value is -1.96. The SMILES string of the molecule is Cc1ccc(C2CCCN2C(=O)C2CCN(S(=O)(=O)c3cccnc3Cl)CC2)cc1. The van der Waals surface area contributed by atoms with E-state index >= 15 is 0 Å². The summed E-state index contributed by atoms with van der Waals surface area (Å²) >= 11 is 6.00. The number of carbonyl (C=O) groups excluding carboxylic acids is 1. The van der Waals surface area contributed by atoms with E-state index in [1.54, 1.807) is 6.07 Å². The second-order valence-electron chi connectivity index (χ2n) is 8.07. The third-order valence-electron chi connectivity index (χ3n) is 6.14. The highest BCUT2D eigenvalue weighted by Gasteiger charge is 2.38. The fraction of sp³-hybridized carbons (Fsp3) is 0.455. The molecule has 0 spiro atoms. The molecule has 1 atom stereocenters. The summed E-state index contributed by atoms with van der Waals surface area (Å²) in [6, 6.07) is 11.5. The van der Waals surface area contributed by atoms with Crippen molar-refractivity contribution in [3.05, 3.63) is 58.9 Å². The summed E-state index contributed by atoms with van der Waals surface area (Å²) in [7, 11) is -3.70. The summed E-state index contributed by atoms with van der Waals surface area (Å²) in [5.41, 5.74) is 2.38. The van der Waals surface area contributed by atoms with Crippen molar-refractivity contribution >= 4 is 27.5 Å². The van der Waals surface area contributed by atoms with Crippen LogP contribution in [0.1, 0.15) is 42.9 Å². The van der Waals surface area contributed by atoms with E-state index in [0.29, 0.717) is 25.9 Å². The number of benzene rings is 1. The molecule has 160 valence electrons. The second kappa shape index (κ2) is 8.65.